The lowest BCUT2D eigenvalue weighted by molar-refractivity contribution is -0.154. The molecule has 3 amide bonds. The largest absolute Gasteiger partial charge is 0.423 e. The molecule has 1 aliphatic heterocycles. The molecule has 3 aromatic carbocycles. The van der Waals surface area contributed by atoms with Crippen LogP contribution in [0.4, 0.5) is 0 Å². The summed E-state index contributed by atoms with van der Waals surface area (Å²) in [5.41, 5.74) is 0.596. The fraction of sp³-hybridized carbons (Fsp3) is 0.233. The summed E-state index contributed by atoms with van der Waals surface area (Å²) in [5.74, 6) is -4.00. The molecule has 42 heavy (non-hydrogen) atoms. The van der Waals surface area contributed by atoms with Gasteiger partial charge in [-0.1, -0.05) is 73.3 Å². The zero-order valence-corrected chi connectivity index (χ0v) is 26.4. The monoisotopic (exact) mass is 734 g/mol. The van der Waals surface area contributed by atoms with Gasteiger partial charge >= 0.3 is 5.97 Å². The summed E-state index contributed by atoms with van der Waals surface area (Å²) in [5, 5.41) is 2.00. The molecule has 4 atom stereocenters. The van der Waals surface area contributed by atoms with Crippen LogP contribution < -0.4 is 4.74 Å². The Balaban J connectivity index is 1.40. The third kappa shape index (κ3) is 6.17. The highest BCUT2D eigenvalue weighted by Crippen LogP contribution is 2.43. The summed E-state index contributed by atoms with van der Waals surface area (Å²) in [6, 6.07) is 18.4. The van der Waals surface area contributed by atoms with Crippen molar-refractivity contribution in [2.45, 2.75) is 22.5 Å². The number of fused-ring (bicyclic) bond motifs is 1. The molecule has 2 aliphatic rings. The van der Waals surface area contributed by atoms with Gasteiger partial charge in [0, 0.05) is 20.8 Å². The Hall–Kier alpha value is -3.05. The van der Waals surface area contributed by atoms with E-state index in [9.17, 15) is 24.0 Å². The van der Waals surface area contributed by atoms with E-state index in [0.717, 1.165) is 10.0 Å². The molecule has 8 nitrogen and oxygen atoms in total. The highest BCUT2D eigenvalue weighted by molar-refractivity contribution is 9.12. The van der Waals surface area contributed by atoms with Crippen molar-refractivity contribution in [2.75, 3.05) is 6.54 Å². The molecule has 0 aromatic heterocycles. The molecule has 0 radical (unpaired) electrons. The van der Waals surface area contributed by atoms with Gasteiger partial charge in [0.05, 0.1) is 27.4 Å². The summed E-state index contributed by atoms with van der Waals surface area (Å²) < 4.78 is 5.37. The van der Waals surface area contributed by atoms with Gasteiger partial charge in [-0.05, 0) is 67.4 Å². The quantitative estimate of drug-likeness (QED) is 0.0919. The van der Waals surface area contributed by atoms with Crippen LogP contribution in [-0.4, -0.2) is 55.7 Å². The predicted molar refractivity (Wildman–Crippen MR) is 163 cm³/mol. The van der Waals surface area contributed by atoms with Gasteiger partial charge in [-0.15, -0.1) is 0 Å². The van der Waals surface area contributed by atoms with E-state index in [-0.39, 0.29) is 36.6 Å². The first kappa shape index (κ1) is 30.4. The van der Waals surface area contributed by atoms with Crippen molar-refractivity contribution in [2.24, 2.45) is 11.8 Å². The number of imide groups is 1. The van der Waals surface area contributed by atoms with Crippen molar-refractivity contribution in [3.8, 4) is 5.75 Å². The third-order valence-electron chi connectivity index (χ3n) is 7.22. The molecule has 1 saturated heterocycles. The van der Waals surface area contributed by atoms with Gasteiger partial charge in [-0.3, -0.25) is 19.2 Å². The lowest BCUT2D eigenvalue weighted by atomic mass is 9.81. The molecule has 3 aromatic rings. The number of benzene rings is 3. The molecule has 1 heterocycles. The smallest absolute Gasteiger partial charge is 0.343 e. The Labute approximate surface area is 268 Å². The minimum atomic E-state index is -0.763. The predicted octanol–water partition coefficient (Wildman–Crippen LogP) is 6.37. The molecule has 1 aliphatic carbocycles. The number of ether oxygens (including phenoxy) is 1. The average Bonchev–Trinajstić information content (AvgIpc) is 3.22. The van der Waals surface area contributed by atoms with Gasteiger partial charge in [-0.2, -0.15) is 5.01 Å². The van der Waals surface area contributed by atoms with Gasteiger partial charge in [0.15, 0.2) is 5.78 Å². The molecule has 2 fully saturated rings. The first-order valence-electron chi connectivity index (χ1n) is 12.9. The van der Waals surface area contributed by atoms with Gasteiger partial charge in [0.1, 0.15) is 12.3 Å². The first-order valence-corrected chi connectivity index (χ1v) is 15.5. The number of hydrazine groups is 1. The van der Waals surface area contributed by atoms with E-state index < -0.39 is 47.9 Å². The van der Waals surface area contributed by atoms with Crippen LogP contribution in [0.2, 0.25) is 10.0 Å². The number of ketones is 1. The molecule has 0 spiro atoms. The maximum Gasteiger partial charge on any atom is 0.343 e. The number of Topliss-reactive ketones (excluding diaryl/α,β-unsaturated/α-hetero) is 1. The molecular weight excluding hydrogens is 715 g/mol. The number of amides is 3. The number of esters is 1. The Bertz CT molecular complexity index is 1540. The van der Waals surface area contributed by atoms with E-state index in [2.05, 4.69) is 31.9 Å². The molecule has 12 heteroatoms. The number of alkyl halides is 2. The number of rotatable bonds is 7. The van der Waals surface area contributed by atoms with E-state index in [0.29, 0.717) is 18.4 Å². The SMILES string of the molecule is O=C(CN(C(=O)c1ccc(Cl)c(Cl)c1)N1C(=O)[C@@H]2C[C@@H](Br)[C@@H](Br)C[C@H]2C1=O)c1ccc(OC(=O)c2ccccc2)cc1. The van der Waals surface area contributed by atoms with Crippen LogP contribution >= 0.6 is 55.1 Å². The zero-order valence-electron chi connectivity index (χ0n) is 21.7. The summed E-state index contributed by atoms with van der Waals surface area (Å²) >= 11 is 19.3. The van der Waals surface area contributed by atoms with E-state index in [4.69, 9.17) is 27.9 Å². The number of hydrogen-bond donors (Lipinski definition) is 0. The van der Waals surface area contributed by atoms with E-state index >= 15 is 0 Å². The lowest BCUT2D eigenvalue weighted by Crippen LogP contribution is -2.52. The normalized spacial score (nSPS) is 21.6. The van der Waals surface area contributed by atoms with Crippen molar-refractivity contribution in [1.29, 1.82) is 0 Å². The Morgan fingerprint density at radius 2 is 1.36 bits per heavy atom. The topological polar surface area (TPSA) is 101 Å². The van der Waals surface area contributed by atoms with Crippen LogP contribution in [-0.2, 0) is 9.59 Å². The minimum Gasteiger partial charge on any atom is -0.423 e. The lowest BCUT2D eigenvalue weighted by Gasteiger charge is -2.30. The molecule has 1 saturated carbocycles. The summed E-state index contributed by atoms with van der Waals surface area (Å²) in [6.45, 7) is -0.603. The number of carbonyl (C=O) groups excluding carboxylic acids is 5. The van der Waals surface area contributed by atoms with Crippen LogP contribution in [0.3, 0.4) is 0 Å². The molecule has 216 valence electrons. The number of hydrogen-bond acceptors (Lipinski definition) is 6. The highest BCUT2D eigenvalue weighted by Gasteiger charge is 2.54. The second kappa shape index (κ2) is 12.7. The van der Waals surface area contributed by atoms with Crippen molar-refractivity contribution in [1.82, 2.24) is 10.0 Å². The Morgan fingerprint density at radius 1 is 0.786 bits per heavy atom. The van der Waals surface area contributed by atoms with E-state index in [1.165, 1.54) is 42.5 Å². The maximum absolute atomic E-state index is 13.7. The van der Waals surface area contributed by atoms with Crippen LogP contribution in [0.1, 0.15) is 43.9 Å². The Kier molecular flexibility index (Phi) is 9.17. The maximum atomic E-state index is 13.7. The minimum absolute atomic E-state index is 0.0363. The molecule has 0 unspecified atom stereocenters. The molecule has 0 N–H and O–H groups in total. The van der Waals surface area contributed by atoms with Crippen LogP contribution in [0.15, 0.2) is 72.8 Å². The van der Waals surface area contributed by atoms with Crippen molar-refractivity contribution in [3.63, 3.8) is 0 Å². The summed E-state index contributed by atoms with van der Waals surface area (Å²) in [6.07, 6.45) is 0.793. The highest BCUT2D eigenvalue weighted by atomic mass is 79.9. The van der Waals surface area contributed by atoms with Gasteiger partial charge < -0.3 is 4.74 Å². The van der Waals surface area contributed by atoms with Gasteiger partial charge in [-0.25, -0.2) is 9.80 Å². The summed E-state index contributed by atoms with van der Waals surface area (Å²) in [7, 11) is 0. The number of halogens is 4. The second-order valence-electron chi connectivity index (χ2n) is 9.90. The van der Waals surface area contributed by atoms with Crippen LogP contribution in [0, 0.1) is 11.8 Å². The standard InChI is InChI=1S/C30H22Br2Cl2N2O6/c31-22-13-20-21(14-23(22)32)29(40)36(28(20)39)35(27(38)18-8-11-24(33)25(34)12-18)15-26(37)16-6-9-19(10-7-16)42-30(41)17-4-2-1-3-5-17/h1-12,20-23H,13-15H2/t20-,21-,22-,23+/m1/s1. The zero-order chi connectivity index (χ0) is 30.1. The van der Waals surface area contributed by atoms with Crippen molar-refractivity contribution >= 4 is 84.5 Å². The molecular formula is C30H22Br2Cl2N2O6. The third-order valence-corrected chi connectivity index (χ3v) is 10.7. The van der Waals surface area contributed by atoms with Crippen molar-refractivity contribution < 1.29 is 28.7 Å². The van der Waals surface area contributed by atoms with E-state index in [1.807, 2.05) is 0 Å². The molecule has 5 rings (SSSR count). The van der Waals surface area contributed by atoms with Gasteiger partial charge in [0.2, 0.25) is 0 Å². The van der Waals surface area contributed by atoms with E-state index in [1.54, 1.807) is 30.3 Å². The summed E-state index contributed by atoms with van der Waals surface area (Å²) in [4.78, 5) is 66.6. The second-order valence-corrected chi connectivity index (χ2v) is 13.1. The van der Waals surface area contributed by atoms with Crippen molar-refractivity contribution in [3.05, 3.63) is 99.5 Å². The van der Waals surface area contributed by atoms with Crippen LogP contribution in [0.5, 0.6) is 5.75 Å². The van der Waals surface area contributed by atoms with Crippen LogP contribution in [0.25, 0.3) is 0 Å². The van der Waals surface area contributed by atoms with Gasteiger partial charge in [0.25, 0.3) is 17.7 Å². The average molecular weight is 737 g/mol. The Morgan fingerprint density at radius 3 is 1.93 bits per heavy atom. The fourth-order valence-corrected chi connectivity index (χ4v) is 6.54. The fourth-order valence-electron chi connectivity index (χ4n) is 5.00. The number of carbonyl (C=O) groups is 5. The number of nitrogens with zero attached hydrogens (tertiary/aromatic N) is 2. The first-order chi connectivity index (χ1) is 20.0. The molecule has 0 bridgehead atoms.